The van der Waals surface area contributed by atoms with Gasteiger partial charge < -0.3 is 13.9 Å². The molecule has 0 saturated carbocycles. The van der Waals surface area contributed by atoms with Gasteiger partial charge in [0.25, 0.3) is 11.4 Å². The molecule has 0 atom stereocenters. The summed E-state index contributed by atoms with van der Waals surface area (Å²) in [4.78, 5) is 36.2. The molecule has 1 heterocycles. The molecule has 0 N–H and O–H groups in total. The third-order valence-corrected chi connectivity index (χ3v) is 5.95. The number of nitro groups is 1. The fourth-order valence-electron chi connectivity index (χ4n) is 3.84. The Bertz CT molecular complexity index is 1650. The lowest BCUT2D eigenvalue weighted by molar-refractivity contribution is -0.385. The van der Waals surface area contributed by atoms with E-state index in [1.807, 2.05) is 20.8 Å². The third-order valence-electron chi connectivity index (χ3n) is 5.95. The van der Waals surface area contributed by atoms with Gasteiger partial charge in [-0.3, -0.25) is 14.9 Å². The van der Waals surface area contributed by atoms with Crippen LogP contribution in [0.5, 0.6) is 17.2 Å². The van der Waals surface area contributed by atoms with Crippen molar-refractivity contribution >= 4 is 22.6 Å². The number of carbonyl (C=O) groups is 1. The number of alkyl halides is 3. The molecule has 0 saturated heterocycles. The van der Waals surface area contributed by atoms with E-state index in [9.17, 15) is 32.9 Å². The van der Waals surface area contributed by atoms with E-state index < -0.39 is 39.6 Å². The molecule has 1 aromatic heterocycles. The maximum absolute atomic E-state index is 13.9. The molecular weight excluding hydrogens is 519 g/mol. The summed E-state index contributed by atoms with van der Waals surface area (Å²) in [5.74, 6) is -3.89. The first kappa shape index (κ1) is 27.4. The normalized spacial score (nSPS) is 11.9. The van der Waals surface area contributed by atoms with Gasteiger partial charge in [-0.05, 0) is 48.2 Å². The lowest BCUT2D eigenvalue weighted by Gasteiger charge is -2.19. The summed E-state index contributed by atoms with van der Waals surface area (Å²) in [6.45, 7) is 7.28. The Balaban J connectivity index is 1.72. The summed E-state index contributed by atoms with van der Waals surface area (Å²) >= 11 is 0. The maximum Gasteiger partial charge on any atom is 0.453 e. The molecule has 4 aromatic rings. The molecule has 0 aliphatic rings. The van der Waals surface area contributed by atoms with Gasteiger partial charge in [0, 0.05) is 17.7 Å². The van der Waals surface area contributed by atoms with Crippen molar-refractivity contribution in [1.29, 1.82) is 0 Å². The first-order chi connectivity index (χ1) is 18.2. The highest BCUT2D eigenvalue weighted by atomic mass is 19.4. The lowest BCUT2D eigenvalue weighted by atomic mass is 9.87. The van der Waals surface area contributed by atoms with Crippen molar-refractivity contribution < 1.29 is 36.8 Å². The van der Waals surface area contributed by atoms with Crippen molar-refractivity contribution in [1.82, 2.24) is 0 Å². The van der Waals surface area contributed by atoms with E-state index in [0.29, 0.717) is 0 Å². The van der Waals surface area contributed by atoms with Crippen molar-refractivity contribution in [2.75, 3.05) is 0 Å². The van der Waals surface area contributed by atoms with Gasteiger partial charge in [0.15, 0.2) is 0 Å². The maximum atomic E-state index is 13.9. The van der Waals surface area contributed by atoms with Gasteiger partial charge in [-0.25, -0.2) is 4.79 Å². The number of hydrogen-bond donors (Lipinski definition) is 0. The Morgan fingerprint density at radius 3 is 2.21 bits per heavy atom. The zero-order chi connectivity index (χ0) is 28.7. The van der Waals surface area contributed by atoms with Crippen molar-refractivity contribution in [3.63, 3.8) is 0 Å². The van der Waals surface area contributed by atoms with Crippen molar-refractivity contribution in [3.05, 3.63) is 103 Å². The van der Waals surface area contributed by atoms with Crippen LogP contribution in [0.2, 0.25) is 0 Å². The van der Waals surface area contributed by atoms with E-state index in [-0.39, 0.29) is 39.1 Å². The smallest absolute Gasteiger partial charge is 0.449 e. The molecule has 39 heavy (non-hydrogen) atoms. The summed E-state index contributed by atoms with van der Waals surface area (Å²) in [7, 11) is 0. The highest BCUT2D eigenvalue weighted by molar-refractivity contribution is 5.94. The van der Waals surface area contributed by atoms with E-state index in [0.717, 1.165) is 17.7 Å². The summed E-state index contributed by atoms with van der Waals surface area (Å²) in [6.07, 6.45) is -5.08. The summed E-state index contributed by atoms with van der Waals surface area (Å²) in [5.41, 5.74) is -1.21. The number of benzene rings is 3. The predicted molar refractivity (Wildman–Crippen MR) is 135 cm³/mol. The van der Waals surface area contributed by atoms with E-state index in [1.165, 1.54) is 43.3 Å². The molecule has 8 nitrogen and oxygen atoms in total. The second kappa shape index (κ2) is 9.90. The van der Waals surface area contributed by atoms with Crippen molar-refractivity contribution in [3.8, 4) is 17.2 Å². The quantitative estimate of drug-likeness (QED) is 0.113. The minimum atomic E-state index is -5.08. The molecule has 0 amide bonds. The average Bonchev–Trinajstić information content (AvgIpc) is 2.84. The highest BCUT2D eigenvalue weighted by Crippen LogP contribution is 2.39. The first-order valence-electron chi connectivity index (χ1n) is 11.6. The van der Waals surface area contributed by atoms with Gasteiger partial charge in [-0.2, -0.15) is 13.2 Å². The Morgan fingerprint density at radius 2 is 1.62 bits per heavy atom. The van der Waals surface area contributed by atoms with E-state index in [1.54, 1.807) is 12.1 Å². The number of esters is 1. The van der Waals surface area contributed by atoms with Crippen LogP contribution in [0, 0.1) is 17.0 Å². The van der Waals surface area contributed by atoms with Crippen LogP contribution in [-0.2, 0) is 11.6 Å². The van der Waals surface area contributed by atoms with Crippen LogP contribution >= 0.6 is 0 Å². The van der Waals surface area contributed by atoms with Gasteiger partial charge in [-0.15, -0.1) is 0 Å². The first-order valence-corrected chi connectivity index (χ1v) is 11.6. The molecule has 0 fully saturated rings. The van der Waals surface area contributed by atoms with Crippen LogP contribution in [0.25, 0.3) is 11.0 Å². The standard InChI is InChI=1S/C28H22F3NO7/c1-15-19(6-5-7-21(15)32(35)36)26(34)38-18-12-13-20-22(14-18)39-25(28(29,30)31)24(23(20)33)37-17-10-8-16(9-11-17)27(2,3)4/h5-14H,1-4H3. The molecule has 0 radical (unpaired) electrons. The molecule has 202 valence electrons. The Morgan fingerprint density at radius 1 is 0.974 bits per heavy atom. The Kier molecular flexibility index (Phi) is 6.94. The van der Waals surface area contributed by atoms with Crippen molar-refractivity contribution in [2.45, 2.75) is 39.3 Å². The summed E-state index contributed by atoms with van der Waals surface area (Å²) in [6, 6.07) is 13.4. The molecule has 0 bridgehead atoms. The highest BCUT2D eigenvalue weighted by Gasteiger charge is 2.40. The summed E-state index contributed by atoms with van der Waals surface area (Å²) < 4.78 is 57.4. The van der Waals surface area contributed by atoms with Gasteiger partial charge in [0.2, 0.25) is 11.2 Å². The number of carbonyl (C=O) groups excluding carboxylic acids is 1. The molecule has 0 unspecified atom stereocenters. The predicted octanol–water partition coefficient (Wildman–Crippen LogP) is 7.34. The monoisotopic (exact) mass is 541 g/mol. The van der Waals surface area contributed by atoms with E-state index in [4.69, 9.17) is 13.9 Å². The number of rotatable bonds is 5. The van der Waals surface area contributed by atoms with Crippen LogP contribution in [0.3, 0.4) is 0 Å². The fraction of sp³-hybridized carbons (Fsp3) is 0.214. The number of ether oxygens (including phenoxy) is 2. The van der Waals surface area contributed by atoms with Crippen LogP contribution in [0.15, 0.2) is 69.9 Å². The van der Waals surface area contributed by atoms with Crippen LogP contribution < -0.4 is 14.9 Å². The largest absolute Gasteiger partial charge is 0.453 e. The second-order valence-corrected chi connectivity index (χ2v) is 9.72. The van der Waals surface area contributed by atoms with Crippen molar-refractivity contribution in [2.24, 2.45) is 0 Å². The number of halogens is 3. The Hall–Kier alpha value is -4.67. The van der Waals surface area contributed by atoms with Crippen LogP contribution in [0.1, 0.15) is 48.0 Å². The molecule has 0 spiro atoms. The number of hydrogen-bond acceptors (Lipinski definition) is 7. The third kappa shape index (κ3) is 5.62. The number of nitro benzene ring substituents is 1. The molecule has 11 heteroatoms. The van der Waals surface area contributed by atoms with Gasteiger partial charge in [0.1, 0.15) is 17.1 Å². The van der Waals surface area contributed by atoms with Crippen LogP contribution in [0.4, 0.5) is 18.9 Å². The minimum Gasteiger partial charge on any atom is -0.449 e. The topological polar surface area (TPSA) is 109 Å². The fourth-order valence-corrected chi connectivity index (χ4v) is 3.84. The molecular formula is C28H22F3NO7. The minimum absolute atomic E-state index is 0.0121. The van der Waals surface area contributed by atoms with Crippen LogP contribution in [-0.4, -0.2) is 10.9 Å². The van der Waals surface area contributed by atoms with Gasteiger partial charge >= 0.3 is 12.1 Å². The lowest BCUT2D eigenvalue weighted by Crippen LogP contribution is -2.16. The molecule has 0 aliphatic heterocycles. The number of nitrogens with zero attached hydrogens (tertiary/aromatic N) is 1. The number of fused-ring (bicyclic) bond motifs is 1. The van der Waals surface area contributed by atoms with Gasteiger partial charge in [-0.1, -0.05) is 39.0 Å². The summed E-state index contributed by atoms with van der Waals surface area (Å²) in [5, 5.41) is 10.9. The SMILES string of the molecule is Cc1c(C(=O)Oc2ccc3c(=O)c(Oc4ccc(C(C)(C)C)cc4)c(C(F)(F)F)oc3c2)cccc1[N+](=O)[O-]. The molecule has 0 aliphatic carbocycles. The zero-order valence-corrected chi connectivity index (χ0v) is 21.2. The Labute approximate surface area is 219 Å². The second-order valence-electron chi connectivity index (χ2n) is 9.72. The average molecular weight is 541 g/mol. The zero-order valence-electron chi connectivity index (χ0n) is 21.2. The van der Waals surface area contributed by atoms with E-state index >= 15 is 0 Å². The van der Waals surface area contributed by atoms with E-state index in [2.05, 4.69) is 0 Å². The van der Waals surface area contributed by atoms with Gasteiger partial charge in [0.05, 0.1) is 15.9 Å². The molecule has 3 aromatic carbocycles. The molecule has 4 rings (SSSR count).